The summed E-state index contributed by atoms with van der Waals surface area (Å²) in [7, 11) is 1.59. The second kappa shape index (κ2) is 7.33. The van der Waals surface area contributed by atoms with E-state index in [0.29, 0.717) is 17.9 Å². The Morgan fingerprint density at radius 2 is 2.30 bits per heavy atom. The number of imidazole rings is 1. The third-order valence-electron chi connectivity index (χ3n) is 3.02. The van der Waals surface area contributed by atoms with Crippen molar-refractivity contribution in [3.8, 4) is 5.75 Å². The van der Waals surface area contributed by atoms with Crippen molar-refractivity contribution in [2.75, 3.05) is 13.7 Å². The van der Waals surface area contributed by atoms with E-state index in [1.165, 1.54) is 0 Å². The number of nitrogens with zero attached hydrogens (tertiary/aromatic N) is 2. The van der Waals surface area contributed by atoms with E-state index < -0.39 is 0 Å². The van der Waals surface area contributed by atoms with Crippen LogP contribution in [-0.4, -0.2) is 29.1 Å². The largest absolute Gasteiger partial charge is 0.497 e. The molecule has 1 aromatic heterocycles. The molecule has 0 aliphatic rings. The third-order valence-corrected chi connectivity index (χ3v) is 3.02. The first kappa shape index (κ1) is 14.1. The molecule has 1 heterocycles. The number of aryl methyl sites for hydroxylation is 1. The number of ether oxygens (including phenoxy) is 1. The minimum atomic E-state index is -0.0634. The Morgan fingerprint density at radius 1 is 1.40 bits per heavy atom. The normalized spacial score (nSPS) is 10.2. The number of nitrogens with one attached hydrogen (secondary N) is 1. The molecule has 5 heteroatoms. The quantitative estimate of drug-likeness (QED) is 0.786. The van der Waals surface area contributed by atoms with Crippen LogP contribution in [0.4, 0.5) is 0 Å². The van der Waals surface area contributed by atoms with E-state index in [4.69, 9.17) is 4.74 Å². The topological polar surface area (TPSA) is 56.1 Å². The van der Waals surface area contributed by atoms with Crippen LogP contribution in [0.3, 0.4) is 0 Å². The number of rotatable bonds is 7. The molecule has 0 saturated carbocycles. The van der Waals surface area contributed by atoms with Gasteiger partial charge in [0.25, 0.3) is 5.91 Å². The van der Waals surface area contributed by atoms with Crippen LogP contribution in [0.25, 0.3) is 0 Å². The first-order valence-corrected chi connectivity index (χ1v) is 6.67. The van der Waals surface area contributed by atoms with Crippen LogP contribution < -0.4 is 10.1 Å². The summed E-state index contributed by atoms with van der Waals surface area (Å²) >= 11 is 0. The number of unbranched alkanes of at least 4 members (excludes halogenated alkanes) is 1. The van der Waals surface area contributed by atoms with Crippen LogP contribution >= 0.6 is 0 Å². The Hall–Kier alpha value is -2.30. The van der Waals surface area contributed by atoms with Crippen LogP contribution in [0.2, 0.25) is 0 Å². The van der Waals surface area contributed by atoms with Gasteiger partial charge in [-0.15, -0.1) is 0 Å². The van der Waals surface area contributed by atoms with Crippen molar-refractivity contribution in [3.05, 3.63) is 48.5 Å². The fourth-order valence-electron chi connectivity index (χ4n) is 1.91. The van der Waals surface area contributed by atoms with Gasteiger partial charge in [0, 0.05) is 31.0 Å². The lowest BCUT2D eigenvalue weighted by molar-refractivity contribution is 0.0952. The number of hydrogen-bond acceptors (Lipinski definition) is 3. The maximum absolute atomic E-state index is 11.9. The van der Waals surface area contributed by atoms with Gasteiger partial charge in [-0.3, -0.25) is 4.79 Å². The van der Waals surface area contributed by atoms with E-state index in [1.807, 2.05) is 22.9 Å². The van der Waals surface area contributed by atoms with Crippen LogP contribution in [0.1, 0.15) is 23.2 Å². The second-order valence-electron chi connectivity index (χ2n) is 4.50. The molecule has 2 aromatic rings. The molecule has 2 rings (SSSR count). The van der Waals surface area contributed by atoms with E-state index in [0.717, 1.165) is 19.4 Å². The molecular weight excluding hydrogens is 254 g/mol. The molecule has 0 aliphatic carbocycles. The van der Waals surface area contributed by atoms with E-state index in [9.17, 15) is 4.79 Å². The Balaban J connectivity index is 1.69. The highest BCUT2D eigenvalue weighted by molar-refractivity contribution is 5.94. The van der Waals surface area contributed by atoms with Crippen LogP contribution in [-0.2, 0) is 6.54 Å². The summed E-state index contributed by atoms with van der Waals surface area (Å²) in [6, 6.07) is 7.15. The molecule has 106 valence electrons. The molecule has 1 aromatic carbocycles. The zero-order valence-electron chi connectivity index (χ0n) is 11.6. The highest BCUT2D eigenvalue weighted by Gasteiger charge is 2.05. The summed E-state index contributed by atoms with van der Waals surface area (Å²) in [6.45, 7) is 1.60. The summed E-state index contributed by atoms with van der Waals surface area (Å²) in [5.74, 6) is 0.629. The maximum atomic E-state index is 11.9. The van der Waals surface area contributed by atoms with Gasteiger partial charge in [-0.05, 0) is 31.0 Å². The molecule has 0 unspecified atom stereocenters. The zero-order valence-corrected chi connectivity index (χ0v) is 11.6. The van der Waals surface area contributed by atoms with Gasteiger partial charge in [0.15, 0.2) is 0 Å². The SMILES string of the molecule is COc1cccc(C(=O)NCCCCn2ccnc2)c1. The molecular formula is C15H19N3O2. The van der Waals surface area contributed by atoms with Gasteiger partial charge in [0.05, 0.1) is 13.4 Å². The van der Waals surface area contributed by atoms with Gasteiger partial charge >= 0.3 is 0 Å². The monoisotopic (exact) mass is 273 g/mol. The molecule has 1 amide bonds. The number of amides is 1. The van der Waals surface area contributed by atoms with Crippen molar-refractivity contribution in [2.24, 2.45) is 0 Å². The molecule has 0 radical (unpaired) electrons. The van der Waals surface area contributed by atoms with Crippen LogP contribution in [0, 0.1) is 0 Å². The minimum Gasteiger partial charge on any atom is -0.497 e. The maximum Gasteiger partial charge on any atom is 0.251 e. The van der Waals surface area contributed by atoms with Crippen molar-refractivity contribution in [3.63, 3.8) is 0 Å². The summed E-state index contributed by atoms with van der Waals surface area (Å²) < 4.78 is 7.13. The molecule has 0 atom stereocenters. The van der Waals surface area contributed by atoms with E-state index in [1.54, 1.807) is 31.8 Å². The van der Waals surface area contributed by atoms with E-state index in [2.05, 4.69) is 10.3 Å². The van der Waals surface area contributed by atoms with Gasteiger partial charge in [-0.2, -0.15) is 0 Å². The van der Waals surface area contributed by atoms with Gasteiger partial charge in [0.2, 0.25) is 0 Å². The van der Waals surface area contributed by atoms with Crippen molar-refractivity contribution in [1.29, 1.82) is 0 Å². The minimum absolute atomic E-state index is 0.0634. The Kier molecular flexibility index (Phi) is 5.17. The van der Waals surface area contributed by atoms with Crippen LogP contribution in [0.5, 0.6) is 5.75 Å². The lowest BCUT2D eigenvalue weighted by Gasteiger charge is -2.07. The standard InChI is InChI=1S/C15H19N3O2/c1-20-14-6-4-5-13(11-14)15(19)17-7-2-3-9-18-10-8-16-12-18/h4-6,8,10-12H,2-3,7,9H2,1H3,(H,17,19). The summed E-state index contributed by atoms with van der Waals surface area (Å²) in [6.07, 6.45) is 7.46. The van der Waals surface area contributed by atoms with Gasteiger partial charge < -0.3 is 14.6 Å². The average Bonchev–Trinajstić information content (AvgIpc) is 3.00. The number of aromatic nitrogens is 2. The summed E-state index contributed by atoms with van der Waals surface area (Å²) in [5, 5.41) is 2.91. The van der Waals surface area contributed by atoms with Crippen molar-refractivity contribution in [2.45, 2.75) is 19.4 Å². The highest BCUT2D eigenvalue weighted by Crippen LogP contribution is 2.12. The van der Waals surface area contributed by atoms with Gasteiger partial charge in [0.1, 0.15) is 5.75 Å². The predicted octanol–water partition coefficient (Wildman–Crippen LogP) is 2.10. The molecule has 5 nitrogen and oxygen atoms in total. The van der Waals surface area contributed by atoms with Gasteiger partial charge in [-0.25, -0.2) is 4.98 Å². The number of hydrogen-bond donors (Lipinski definition) is 1. The van der Waals surface area contributed by atoms with Gasteiger partial charge in [-0.1, -0.05) is 6.07 Å². The first-order valence-electron chi connectivity index (χ1n) is 6.67. The highest BCUT2D eigenvalue weighted by atomic mass is 16.5. The molecule has 0 aliphatic heterocycles. The second-order valence-corrected chi connectivity index (χ2v) is 4.50. The lowest BCUT2D eigenvalue weighted by Crippen LogP contribution is -2.24. The smallest absolute Gasteiger partial charge is 0.251 e. The molecule has 1 N–H and O–H groups in total. The fourth-order valence-corrected chi connectivity index (χ4v) is 1.91. The first-order chi connectivity index (χ1) is 9.79. The third kappa shape index (κ3) is 4.12. The molecule has 0 bridgehead atoms. The summed E-state index contributed by atoms with van der Waals surface area (Å²) in [4.78, 5) is 15.9. The van der Waals surface area contributed by atoms with Crippen molar-refractivity contribution < 1.29 is 9.53 Å². The molecule has 0 saturated heterocycles. The number of carbonyl (C=O) groups excluding carboxylic acids is 1. The lowest BCUT2D eigenvalue weighted by atomic mass is 10.2. The number of methoxy groups -OCH3 is 1. The predicted molar refractivity (Wildman–Crippen MR) is 76.8 cm³/mol. The Morgan fingerprint density at radius 3 is 3.05 bits per heavy atom. The van der Waals surface area contributed by atoms with Crippen molar-refractivity contribution >= 4 is 5.91 Å². The Bertz CT molecular complexity index is 538. The average molecular weight is 273 g/mol. The molecule has 0 fully saturated rings. The Labute approximate surface area is 118 Å². The molecule has 20 heavy (non-hydrogen) atoms. The summed E-state index contributed by atoms with van der Waals surface area (Å²) in [5.41, 5.74) is 0.624. The number of carbonyl (C=O) groups is 1. The van der Waals surface area contributed by atoms with Crippen LogP contribution in [0.15, 0.2) is 43.0 Å². The van der Waals surface area contributed by atoms with E-state index >= 15 is 0 Å². The number of benzene rings is 1. The zero-order chi connectivity index (χ0) is 14.2. The van der Waals surface area contributed by atoms with E-state index in [-0.39, 0.29) is 5.91 Å². The van der Waals surface area contributed by atoms with Crippen molar-refractivity contribution in [1.82, 2.24) is 14.9 Å². The fraction of sp³-hybridized carbons (Fsp3) is 0.333. The molecule has 0 spiro atoms.